The summed E-state index contributed by atoms with van der Waals surface area (Å²) in [6.45, 7) is -0.891. The Morgan fingerprint density at radius 1 is 1.22 bits per heavy atom. The summed E-state index contributed by atoms with van der Waals surface area (Å²) in [5.41, 5.74) is 2.85. The van der Waals surface area contributed by atoms with Gasteiger partial charge in [-0.05, 0) is 36.6 Å². The highest BCUT2D eigenvalue weighted by Gasteiger charge is 2.32. The number of ether oxygens (including phenoxy) is 1. The molecule has 1 aliphatic rings. The van der Waals surface area contributed by atoms with E-state index < -0.39 is 6.61 Å². The number of rotatable bonds is 4. The zero-order valence-corrected chi connectivity index (χ0v) is 15.2. The maximum absolute atomic E-state index is 12.9. The zero-order chi connectivity index (χ0) is 19.0. The molecule has 5 nitrogen and oxygen atoms in total. The van der Waals surface area contributed by atoms with Gasteiger partial charge in [0.2, 0.25) is 5.95 Å². The fourth-order valence-corrected chi connectivity index (χ4v) is 3.70. The predicted molar refractivity (Wildman–Crippen MR) is 98.4 cm³/mol. The molecule has 2 atom stereocenters. The van der Waals surface area contributed by atoms with Crippen LogP contribution in [-0.2, 0) is 0 Å². The van der Waals surface area contributed by atoms with E-state index >= 15 is 0 Å². The third-order valence-corrected chi connectivity index (χ3v) is 4.98. The van der Waals surface area contributed by atoms with E-state index in [1.165, 1.54) is 12.4 Å². The lowest BCUT2D eigenvalue weighted by Crippen LogP contribution is -2.29. The number of aromatic nitrogens is 3. The fourth-order valence-electron chi connectivity index (χ4n) is 3.54. The third-order valence-electron chi connectivity index (χ3n) is 4.75. The number of nitrogens with zero attached hydrogens (tertiary/aromatic N) is 3. The summed E-state index contributed by atoms with van der Waals surface area (Å²) >= 11 is 5.98. The van der Waals surface area contributed by atoms with Crippen molar-refractivity contribution in [3.8, 4) is 5.75 Å². The van der Waals surface area contributed by atoms with E-state index in [1.54, 1.807) is 12.1 Å². The molecule has 0 saturated heterocycles. The lowest BCUT2D eigenvalue weighted by molar-refractivity contribution is -0.0506. The quantitative estimate of drug-likeness (QED) is 0.682. The van der Waals surface area contributed by atoms with Crippen LogP contribution in [0.1, 0.15) is 35.2 Å². The van der Waals surface area contributed by atoms with Crippen LogP contribution in [0.3, 0.4) is 0 Å². The van der Waals surface area contributed by atoms with Gasteiger partial charge in [0.05, 0.1) is 12.1 Å². The number of hydrogen-bond donors (Lipinski definition) is 1. The normalized spacial score (nSPS) is 18.9. The van der Waals surface area contributed by atoms with E-state index in [-0.39, 0.29) is 17.8 Å². The largest absolute Gasteiger partial charge is 0.434 e. The Hall–Kier alpha value is -2.67. The highest BCUT2D eigenvalue weighted by molar-refractivity contribution is 6.30. The number of aryl methyl sites for hydroxylation is 1. The standard InChI is InChI=1S/C19H17ClF2N4O/c1-11-4-2-3-5-13(11)16-9-15(25-19-23-10-24-26(16)19)14-7-6-12(20)8-17(14)27-18(21)22/h2-8,10,15-16,18H,9H2,1H3,(H,23,24,25)/t15-,16+/m1/s1. The monoisotopic (exact) mass is 390 g/mol. The van der Waals surface area contributed by atoms with E-state index in [0.29, 0.717) is 23.0 Å². The summed E-state index contributed by atoms with van der Waals surface area (Å²) in [5, 5.41) is 7.94. The molecule has 140 valence electrons. The van der Waals surface area contributed by atoms with Crippen LogP contribution < -0.4 is 10.1 Å². The number of benzene rings is 2. The van der Waals surface area contributed by atoms with Crippen LogP contribution in [0.5, 0.6) is 5.75 Å². The van der Waals surface area contributed by atoms with Crippen LogP contribution in [0.2, 0.25) is 5.02 Å². The van der Waals surface area contributed by atoms with Crippen molar-refractivity contribution < 1.29 is 13.5 Å². The van der Waals surface area contributed by atoms with E-state index in [1.807, 2.05) is 35.9 Å². The van der Waals surface area contributed by atoms with Crippen molar-refractivity contribution in [2.24, 2.45) is 0 Å². The molecule has 3 aromatic rings. The van der Waals surface area contributed by atoms with Crippen molar-refractivity contribution in [2.75, 3.05) is 5.32 Å². The Morgan fingerprint density at radius 2 is 2.04 bits per heavy atom. The van der Waals surface area contributed by atoms with Crippen LogP contribution in [0, 0.1) is 6.92 Å². The Labute approximate surface area is 159 Å². The summed E-state index contributed by atoms with van der Waals surface area (Å²) in [5.74, 6) is 0.643. The number of fused-ring (bicyclic) bond motifs is 1. The van der Waals surface area contributed by atoms with Crippen molar-refractivity contribution >= 4 is 17.5 Å². The van der Waals surface area contributed by atoms with Gasteiger partial charge in [-0.3, -0.25) is 0 Å². The number of hydrogen-bond acceptors (Lipinski definition) is 4. The predicted octanol–water partition coefficient (Wildman–Crippen LogP) is 4.99. The molecule has 0 radical (unpaired) electrons. The summed E-state index contributed by atoms with van der Waals surface area (Å²) in [4.78, 5) is 4.27. The van der Waals surface area contributed by atoms with Gasteiger partial charge in [0.25, 0.3) is 0 Å². The number of nitrogens with one attached hydrogen (secondary N) is 1. The molecule has 0 aliphatic carbocycles. The number of halogens is 3. The summed E-state index contributed by atoms with van der Waals surface area (Å²) in [7, 11) is 0. The molecule has 0 spiro atoms. The Balaban J connectivity index is 1.76. The molecule has 1 N–H and O–H groups in total. The van der Waals surface area contributed by atoms with Gasteiger partial charge in [0, 0.05) is 10.6 Å². The molecule has 1 aliphatic heterocycles. The maximum Gasteiger partial charge on any atom is 0.387 e. The molecule has 0 amide bonds. The molecule has 2 aromatic carbocycles. The molecule has 0 bridgehead atoms. The van der Waals surface area contributed by atoms with Gasteiger partial charge in [0.1, 0.15) is 12.1 Å². The fraction of sp³-hybridized carbons (Fsp3) is 0.263. The van der Waals surface area contributed by atoms with Crippen molar-refractivity contribution in [2.45, 2.75) is 32.0 Å². The molecule has 27 heavy (non-hydrogen) atoms. The van der Waals surface area contributed by atoms with E-state index in [4.69, 9.17) is 16.3 Å². The second-order valence-corrected chi connectivity index (χ2v) is 6.83. The Kier molecular flexibility index (Phi) is 4.70. The van der Waals surface area contributed by atoms with Gasteiger partial charge >= 0.3 is 6.61 Å². The molecule has 2 heterocycles. The molecule has 1 aromatic heterocycles. The van der Waals surface area contributed by atoms with Crippen LogP contribution in [0.4, 0.5) is 14.7 Å². The van der Waals surface area contributed by atoms with Crippen LogP contribution in [-0.4, -0.2) is 21.4 Å². The number of anilines is 1. The van der Waals surface area contributed by atoms with Crippen molar-refractivity contribution in [3.05, 3.63) is 70.5 Å². The second kappa shape index (κ2) is 7.15. The first kappa shape index (κ1) is 17.7. The summed E-state index contributed by atoms with van der Waals surface area (Å²) < 4.78 is 32.3. The van der Waals surface area contributed by atoms with E-state index in [2.05, 4.69) is 15.4 Å². The van der Waals surface area contributed by atoms with Crippen molar-refractivity contribution in [1.82, 2.24) is 14.8 Å². The minimum Gasteiger partial charge on any atom is -0.434 e. The van der Waals surface area contributed by atoms with Crippen LogP contribution in [0.15, 0.2) is 48.8 Å². The third kappa shape index (κ3) is 3.47. The second-order valence-electron chi connectivity index (χ2n) is 6.39. The van der Waals surface area contributed by atoms with Gasteiger partial charge in [-0.15, -0.1) is 0 Å². The molecule has 0 fully saturated rings. The van der Waals surface area contributed by atoms with E-state index in [9.17, 15) is 8.78 Å². The smallest absolute Gasteiger partial charge is 0.387 e. The Bertz CT molecular complexity index is 962. The highest BCUT2D eigenvalue weighted by atomic mass is 35.5. The van der Waals surface area contributed by atoms with Gasteiger partial charge in [-0.1, -0.05) is 41.9 Å². The lowest BCUT2D eigenvalue weighted by atomic mass is 9.91. The first-order valence-electron chi connectivity index (χ1n) is 8.48. The summed E-state index contributed by atoms with van der Waals surface area (Å²) in [6.07, 6.45) is 2.08. The van der Waals surface area contributed by atoms with Gasteiger partial charge < -0.3 is 10.1 Å². The van der Waals surface area contributed by atoms with Crippen LogP contribution in [0.25, 0.3) is 0 Å². The Morgan fingerprint density at radius 3 is 2.81 bits per heavy atom. The highest BCUT2D eigenvalue weighted by Crippen LogP contribution is 2.41. The van der Waals surface area contributed by atoms with Crippen molar-refractivity contribution in [1.29, 1.82) is 0 Å². The molecule has 4 rings (SSSR count). The molecule has 0 saturated carbocycles. The topological polar surface area (TPSA) is 52.0 Å². The van der Waals surface area contributed by atoms with E-state index in [0.717, 1.165) is 11.1 Å². The van der Waals surface area contributed by atoms with Crippen molar-refractivity contribution in [3.63, 3.8) is 0 Å². The van der Waals surface area contributed by atoms with Crippen LogP contribution >= 0.6 is 11.6 Å². The lowest BCUT2D eigenvalue weighted by Gasteiger charge is -2.33. The zero-order valence-electron chi connectivity index (χ0n) is 14.4. The van der Waals surface area contributed by atoms with Gasteiger partial charge in [-0.25, -0.2) is 4.68 Å². The average Bonchev–Trinajstić information content (AvgIpc) is 3.10. The molecule has 0 unspecified atom stereocenters. The first-order valence-corrected chi connectivity index (χ1v) is 8.86. The van der Waals surface area contributed by atoms with Gasteiger partial charge in [0.15, 0.2) is 0 Å². The minimum absolute atomic E-state index is 0.0616. The minimum atomic E-state index is -2.93. The molecule has 8 heteroatoms. The molecular weight excluding hydrogens is 374 g/mol. The number of alkyl halides is 2. The maximum atomic E-state index is 12.9. The summed E-state index contributed by atoms with van der Waals surface area (Å²) in [6, 6.07) is 12.5. The average molecular weight is 391 g/mol. The first-order chi connectivity index (χ1) is 13.0. The van der Waals surface area contributed by atoms with Gasteiger partial charge in [-0.2, -0.15) is 18.9 Å². The SMILES string of the molecule is Cc1ccccc1[C@@H]1C[C@H](c2ccc(Cl)cc2OC(F)F)Nc2ncnn21. The molecular formula is C19H17ClF2N4O.